The first kappa shape index (κ1) is 28.0. The van der Waals surface area contributed by atoms with Crippen LogP contribution in [0.25, 0.3) is 0 Å². The van der Waals surface area contributed by atoms with Gasteiger partial charge in [0.1, 0.15) is 0 Å². The summed E-state index contributed by atoms with van der Waals surface area (Å²) in [4.78, 5) is 17.3. The summed E-state index contributed by atoms with van der Waals surface area (Å²) >= 11 is 0. The van der Waals surface area contributed by atoms with Gasteiger partial charge in [0.15, 0.2) is 0 Å². The number of carbonyl (C=O) groups excluding carboxylic acids is 1. The Balaban J connectivity index is 1.25. The molecule has 2 aliphatic carbocycles. The molecule has 2 heterocycles. The predicted molar refractivity (Wildman–Crippen MR) is 168 cm³/mol. The second-order valence-electron chi connectivity index (χ2n) is 12.3. The molecule has 2 saturated heterocycles. The summed E-state index contributed by atoms with van der Waals surface area (Å²) in [5, 5.41) is 0. The molecule has 0 N–H and O–H groups in total. The first-order chi connectivity index (χ1) is 19.2. The minimum Gasteiger partial charge on any atom is -0.318 e. The van der Waals surface area contributed by atoms with E-state index in [2.05, 4.69) is 101 Å². The topological polar surface area (TPSA) is 23.6 Å². The molecule has 0 bridgehead atoms. The number of allylic oxidation sites excluding steroid dienone is 9. The molecule has 0 spiro atoms. The van der Waals surface area contributed by atoms with Gasteiger partial charge >= 0.3 is 0 Å². The van der Waals surface area contributed by atoms with Crippen molar-refractivity contribution in [1.29, 1.82) is 0 Å². The second kappa shape index (κ2) is 11.1. The van der Waals surface area contributed by atoms with Crippen LogP contribution in [-0.2, 0) is 11.2 Å². The third kappa shape index (κ3) is 4.60. The highest BCUT2D eigenvalue weighted by molar-refractivity contribution is 5.85. The zero-order valence-electron chi connectivity index (χ0n) is 24.3. The Morgan fingerprint density at radius 3 is 2.02 bits per heavy atom. The molecule has 4 aliphatic rings. The van der Waals surface area contributed by atoms with Crippen LogP contribution in [0.1, 0.15) is 32.3 Å². The summed E-state index contributed by atoms with van der Waals surface area (Å²) in [6.07, 6.45) is 15.1. The van der Waals surface area contributed by atoms with Gasteiger partial charge < -0.3 is 9.80 Å². The van der Waals surface area contributed by atoms with Crippen molar-refractivity contribution in [2.24, 2.45) is 47.3 Å². The van der Waals surface area contributed by atoms with E-state index in [4.69, 9.17) is 0 Å². The maximum absolute atomic E-state index is 13.2. The van der Waals surface area contributed by atoms with Gasteiger partial charge in [-0.1, -0.05) is 88.8 Å². The molecular formula is C37H44N2O. The summed E-state index contributed by atoms with van der Waals surface area (Å²) in [7, 11) is 0. The molecule has 4 fully saturated rings. The zero-order chi connectivity index (χ0) is 28.7. The van der Waals surface area contributed by atoms with E-state index < -0.39 is 0 Å². The van der Waals surface area contributed by atoms with E-state index in [-0.39, 0.29) is 17.7 Å². The van der Waals surface area contributed by atoms with Crippen molar-refractivity contribution >= 4 is 11.6 Å². The number of hydrogen-bond acceptors (Lipinski definition) is 2. The van der Waals surface area contributed by atoms with E-state index in [0.717, 1.165) is 47.6 Å². The summed E-state index contributed by atoms with van der Waals surface area (Å²) in [5.74, 6) is 3.04. The fourth-order valence-electron chi connectivity index (χ4n) is 8.17. The molecule has 3 nitrogen and oxygen atoms in total. The van der Waals surface area contributed by atoms with Crippen molar-refractivity contribution in [1.82, 2.24) is 4.90 Å². The molecule has 0 aromatic heterocycles. The Hall–Kier alpha value is -3.59. The molecule has 8 atom stereocenters. The average molecular weight is 533 g/mol. The molecule has 0 radical (unpaired) electrons. The minimum atomic E-state index is 0.0406. The van der Waals surface area contributed by atoms with Crippen LogP contribution in [-0.4, -0.2) is 17.4 Å². The van der Waals surface area contributed by atoms with E-state index in [1.807, 2.05) is 23.1 Å². The molecule has 2 aliphatic heterocycles. The summed E-state index contributed by atoms with van der Waals surface area (Å²) < 4.78 is 0. The third-order valence-electron chi connectivity index (χ3n) is 10.00. The lowest BCUT2D eigenvalue weighted by Gasteiger charge is -2.25. The van der Waals surface area contributed by atoms with Crippen molar-refractivity contribution in [2.75, 3.05) is 11.4 Å². The summed E-state index contributed by atoms with van der Waals surface area (Å²) in [5.41, 5.74) is 6.73. The zero-order valence-corrected chi connectivity index (χ0v) is 24.3. The molecule has 40 heavy (non-hydrogen) atoms. The van der Waals surface area contributed by atoms with Gasteiger partial charge in [-0.3, -0.25) is 4.79 Å². The second-order valence-corrected chi connectivity index (χ2v) is 12.3. The third-order valence-corrected chi connectivity index (χ3v) is 10.00. The van der Waals surface area contributed by atoms with Gasteiger partial charge in [-0.25, -0.2) is 0 Å². The Kier molecular flexibility index (Phi) is 7.77. The first-order valence-corrected chi connectivity index (χ1v) is 14.7. The Bertz CT molecular complexity index is 1310. The SMILES string of the molecule is C=C/C=C(\C=C/CN1C(=C)C2C(C=C)CC(C)C2C1=O)Cc1ccc(N2C(=C)C3C(C)CC(C=C)C3C2=C)cc1. The predicted octanol–water partition coefficient (Wildman–Crippen LogP) is 8.25. The van der Waals surface area contributed by atoms with Crippen LogP contribution in [0.2, 0.25) is 0 Å². The van der Waals surface area contributed by atoms with Crippen LogP contribution < -0.4 is 4.90 Å². The minimum absolute atomic E-state index is 0.0406. The highest BCUT2D eigenvalue weighted by atomic mass is 16.2. The smallest absolute Gasteiger partial charge is 0.231 e. The lowest BCUT2D eigenvalue weighted by Crippen LogP contribution is -2.28. The fraction of sp³-hybridized carbons (Fsp3) is 0.378. The van der Waals surface area contributed by atoms with Crippen LogP contribution >= 0.6 is 0 Å². The van der Waals surface area contributed by atoms with Crippen molar-refractivity contribution < 1.29 is 4.79 Å². The number of amides is 1. The molecule has 2 saturated carbocycles. The lowest BCUT2D eigenvalue weighted by molar-refractivity contribution is -0.130. The molecule has 1 aromatic rings. The number of nitrogens with zero attached hydrogens (tertiary/aromatic N) is 2. The van der Waals surface area contributed by atoms with Gasteiger partial charge in [0.25, 0.3) is 0 Å². The largest absolute Gasteiger partial charge is 0.318 e. The van der Waals surface area contributed by atoms with Gasteiger partial charge in [0.05, 0.1) is 0 Å². The van der Waals surface area contributed by atoms with Gasteiger partial charge in [0.2, 0.25) is 5.91 Å². The Labute approximate surface area is 241 Å². The molecule has 5 rings (SSSR count). The van der Waals surface area contributed by atoms with Gasteiger partial charge in [0, 0.05) is 53.0 Å². The average Bonchev–Trinajstić information content (AvgIpc) is 3.61. The number of likely N-dealkylation sites (tertiary alicyclic amines) is 1. The standard InChI is InChI=1S/C37H44N2O/c1-9-13-28(14-12-19-38-25(6)35-30(10-2)21-24(5)34(35)37(38)40)22-29-15-17-32(18-16-29)39-26(7)33-23(4)20-31(11-3)36(33)27(39)8/h9-18,23-24,30-31,33-36H,1-3,6-8,19-22H2,4-5H3/b14-12-,28-13+. The van der Waals surface area contributed by atoms with E-state index >= 15 is 0 Å². The van der Waals surface area contributed by atoms with Crippen molar-refractivity contribution in [2.45, 2.75) is 33.1 Å². The number of fused-ring (bicyclic) bond motifs is 2. The van der Waals surface area contributed by atoms with E-state index in [1.54, 1.807) is 0 Å². The maximum atomic E-state index is 13.2. The van der Waals surface area contributed by atoms with Crippen LogP contribution in [0.4, 0.5) is 5.69 Å². The van der Waals surface area contributed by atoms with Gasteiger partial charge in [-0.2, -0.15) is 0 Å². The van der Waals surface area contributed by atoms with Gasteiger partial charge in [-0.15, -0.1) is 13.2 Å². The quantitative estimate of drug-likeness (QED) is 0.236. The van der Waals surface area contributed by atoms with Crippen molar-refractivity contribution in [3.63, 3.8) is 0 Å². The maximum Gasteiger partial charge on any atom is 0.231 e. The molecule has 8 unspecified atom stereocenters. The van der Waals surface area contributed by atoms with Crippen LogP contribution in [0, 0.1) is 47.3 Å². The van der Waals surface area contributed by atoms with Crippen molar-refractivity contribution in [3.05, 3.63) is 128 Å². The van der Waals surface area contributed by atoms with Crippen LogP contribution in [0.3, 0.4) is 0 Å². The molecule has 3 heteroatoms. The summed E-state index contributed by atoms with van der Waals surface area (Å²) in [6.45, 7) is 30.4. The Morgan fingerprint density at radius 1 is 0.850 bits per heavy atom. The highest BCUT2D eigenvalue weighted by Crippen LogP contribution is 2.56. The Morgan fingerprint density at radius 2 is 1.43 bits per heavy atom. The number of benzene rings is 1. The monoisotopic (exact) mass is 532 g/mol. The van der Waals surface area contributed by atoms with Gasteiger partial charge in [-0.05, 0) is 66.2 Å². The number of hydrogen-bond donors (Lipinski definition) is 0. The van der Waals surface area contributed by atoms with E-state index in [0.29, 0.717) is 42.1 Å². The molecule has 208 valence electrons. The van der Waals surface area contributed by atoms with Crippen molar-refractivity contribution in [3.8, 4) is 0 Å². The highest BCUT2D eigenvalue weighted by Gasteiger charge is 2.53. The normalized spacial score (nSPS) is 33.7. The molecular weight excluding hydrogens is 488 g/mol. The van der Waals surface area contributed by atoms with E-state index in [9.17, 15) is 4.79 Å². The van der Waals surface area contributed by atoms with E-state index in [1.165, 1.54) is 5.56 Å². The number of rotatable bonds is 9. The fourth-order valence-corrected chi connectivity index (χ4v) is 8.17. The van der Waals surface area contributed by atoms with Crippen LogP contribution in [0.15, 0.2) is 123 Å². The number of carbonyl (C=O) groups is 1. The molecule has 1 aromatic carbocycles. The lowest BCUT2D eigenvalue weighted by atomic mass is 9.88. The molecule has 1 amide bonds. The number of anilines is 1. The first-order valence-electron chi connectivity index (χ1n) is 14.7. The van der Waals surface area contributed by atoms with Crippen LogP contribution in [0.5, 0.6) is 0 Å². The summed E-state index contributed by atoms with van der Waals surface area (Å²) in [6, 6.07) is 8.73.